The minimum atomic E-state index is -2.64. The summed E-state index contributed by atoms with van der Waals surface area (Å²) in [4.78, 5) is 2.41. The Morgan fingerprint density at radius 1 is 0.966 bits per heavy atom. The first-order valence-corrected chi connectivity index (χ1v) is 14.1. The van der Waals surface area contributed by atoms with Gasteiger partial charge in [-0.3, -0.25) is 0 Å². The van der Waals surface area contributed by atoms with Crippen molar-refractivity contribution in [2.24, 2.45) is 0 Å². The molecule has 0 saturated carbocycles. The van der Waals surface area contributed by atoms with Crippen molar-refractivity contribution < 1.29 is 36.0 Å². The van der Waals surface area contributed by atoms with E-state index in [0.717, 1.165) is 51.5 Å². The van der Waals surface area contributed by atoms with Crippen LogP contribution in [0.4, 0.5) is 0 Å². The van der Waals surface area contributed by atoms with E-state index in [1.165, 1.54) is 0 Å². The molecule has 0 radical (unpaired) electrons. The van der Waals surface area contributed by atoms with Crippen LogP contribution in [-0.2, 0) is 36.0 Å². The van der Waals surface area contributed by atoms with Crippen molar-refractivity contribution >= 4 is 17.6 Å². The van der Waals surface area contributed by atoms with E-state index >= 15 is 0 Å². The second kappa shape index (κ2) is 15.0. The largest absolute Gasteiger partial charge is 0.500 e. The average Bonchev–Trinajstić information content (AvgIpc) is 2.74. The van der Waals surface area contributed by atoms with E-state index in [9.17, 15) is 0 Å². The molecule has 1 aliphatic rings. The number of rotatable bonds is 15. The monoisotopic (exact) mass is 455 g/mol. The van der Waals surface area contributed by atoms with Crippen LogP contribution in [0.3, 0.4) is 0 Å². The van der Waals surface area contributed by atoms with Crippen LogP contribution >= 0.6 is 0 Å². The van der Waals surface area contributed by atoms with Crippen molar-refractivity contribution in [2.45, 2.75) is 37.5 Å². The summed E-state index contributed by atoms with van der Waals surface area (Å²) < 4.78 is 45.2. The summed E-state index contributed by atoms with van der Waals surface area (Å²) in [6, 6.07) is 1.51. The number of hydrogen-bond acceptors (Lipinski definition) is 9. The molecule has 9 nitrogen and oxygen atoms in total. The molecule has 0 N–H and O–H groups in total. The lowest BCUT2D eigenvalue weighted by atomic mass is 10.3. The molecular weight excluding hydrogens is 414 g/mol. The lowest BCUT2D eigenvalue weighted by molar-refractivity contribution is -0.0227. The van der Waals surface area contributed by atoms with Crippen molar-refractivity contribution in [3.05, 3.63) is 0 Å². The molecule has 0 aromatic rings. The Balaban J connectivity index is 2.56. The van der Waals surface area contributed by atoms with Crippen molar-refractivity contribution in [3.63, 3.8) is 0 Å². The van der Waals surface area contributed by atoms with Gasteiger partial charge >= 0.3 is 17.6 Å². The van der Waals surface area contributed by atoms with E-state index in [2.05, 4.69) is 4.90 Å². The normalized spacial score (nSPS) is 21.1. The molecule has 0 bridgehead atoms. The van der Waals surface area contributed by atoms with E-state index in [-0.39, 0.29) is 6.10 Å². The van der Waals surface area contributed by atoms with Gasteiger partial charge in [0.15, 0.2) is 0 Å². The number of ether oxygens (including phenoxy) is 2. The van der Waals surface area contributed by atoms with Crippen molar-refractivity contribution in [1.29, 1.82) is 0 Å². The Bertz CT molecular complexity index is 405. The fourth-order valence-corrected chi connectivity index (χ4v) is 7.33. The second-order valence-corrected chi connectivity index (χ2v) is 13.1. The van der Waals surface area contributed by atoms with E-state index in [4.69, 9.17) is 36.0 Å². The summed E-state index contributed by atoms with van der Waals surface area (Å²) in [6.07, 6.45) is 2.69. The summed E-state index contributed by atoms with van der Waals surface area (Å²) in [7, 11) is 4.77. The van der Waals surface area contributed by atoms with Gasteiger partial charge in [0.1, 0.15) is 0 Å². The highest BCUT2D eigenvalue weighted by Crippen LogP contribution is 2.22. The second-order valence-electron chi connectivity index (χ2n) is 7.06. The van der Waals surface area contributed by atoms with E-state index in [1.54, 1.807) is 42.7 Å². The van der Waals surface area contributed by atoms with Gasteiger partial charge in [0, 0.05) is 81.1 Å². The molecule has 1 rings (SSSR count). The predicted molar refractivity (Wildman–Crippen MR) is 114 cm³/mol. The first-order chi connectivity index (χ1) is 14.0. The van der Waals surface area contributed by atoms with Gasteiger partial charge in [0.05, 0.1) is 12.7 Å². The van der Waals surface area contributed by atoms with Gasteiger partial charge < -0.3 is 40.9 Å². The molecule has 0 aliphatic carbocycles. The topological polar surface area (TPSA) is 77.1 Å². The molecule has 0 spiro atoms. The maximum atomic E-state index is 6.36. The van der Waals surface area contributed by atoms with Gasteiger partial charge in [-0.15, -0.1) is 0 Å². The standard InChI is InChI=1S/C18H41NO8Si2/c1-20-12-7-10-19-11-8-14-29(24-5,25-6)27-18(16-19)17-26-13-9-15-28(21-2,22-3)23-4/h18H,7-17H2,1-6H3. The first-order valence-electron chi connectivity index (χ1n) is 10.2. The zero-order valence-corrected chi connectivity index (χ0v) is 21.1. The number of nitrogens with zero attached hydrogens (tertiary/aromatic N) is 1. The van der Waals surface area contributed by atoms with Gasteiger partial charge in [0.2, 0.25) is 0 Å². The molecule has 0 aromatic heterocycles. The molecule has 1 atom stereocenters. The van der Waals surface area contributed by atoms with Crippen LogP contribution in [0.5, 0.6) is 0 Å². The minimum Gasteiger partial charge on any atom is -0.385 e. The first kappa shape index (κ1) is 27.1. The van der Waals surface area contributed by atoms with Crippen LogP contribution in [0.2, 0.25) is 12.1 Å². The molecule has 29 heavy (non-hydrogen) atoms. The Morgan fingerprint density at radius 3 is 2.24 bits per heavy atom. The fourth-order valence-electron chi connectivity index (χ4n) is 3.52. The van der Waals surface area contributed by atoms with Gasteiger partial charge in [-0.1, -0.05) is 0 Å². The maximum absolute atomic E-state index is 6.36. The molecule has 1 aliphatic heterocycles. The SMILES string of the molecule is COCCCN1CCC[Si](OC)(OC)OC(COCCC[Si](OC)(OC)OC)C1. The van der Waals surface area contributed by atoms with Crippen molar-refractivity contribution in [1.82, 2.24) is 4.90 Å². The third-order valence-corrected chi connectivity index (χ3v) is 11.0. The molecule has 1 unspecified atom stereocenters. The highest BCUT2D eigenvalue weighted by molar-refractivity contribution is 6.61. The van der Waals surface area contributed by atoms with Crippen LogP contribution in [0.25, 0.3) is 0 Å². The lowest BCUT2D eigenvalue weighted by Crippen LogP contribution is -2.53. The molecule has 1 saturated heterocycles. The fraction of sp³-hybridized carbons (Fsp3) is 1.00. The zero-order chi connectivity index (χ0) is 21.6. The Labute approximate surface area is 178 Å². The van der Waals surface area contributed by atoms with E-state index in [0.29, 0.717) is 19.3 Å². The number of hydrogen-bond donors (Lipinski definition) is 0. The van der Waals surface area contributed by atoms with Crippen LogP contribution in [0.15, 0.2) is 0 Å². The Kier molecular flexibility index (Phi) is 14.0. The third-order valence-electron chi connectivity index (χ3n) is 5.22. The maximum Gasteiger partial charge on any atom is 0.500 e. The number of methoxy groups -OCH3 is 1. The van der Waals surface area contributed by atoms with E-state index < -0.39 is 17.6 Å². The third kappa shape index (κ3) is 9.39. The Morgan fingerprint density at radius 2 is 1.66 bits per heavy atom. The molecule has 174 valence electrons. The van der Waals surface area contributed by atoms with Gasteiger partial charge in [-0.2, -0.15) is 0 Å². The minimum absolute atomic E-state index is 0.0984. The zero-order valence-electron chi connectivity index (χ0n) is 19.1. The molecule has 1 fully saturated rings. The van der Waals surface area contributed by atoms with Crippen molar-refractivity contribution in [3.8, 4) is 0 Å². The summed E-state index contributed by atoms with van der Waals surface area (Å²) >= 11 is 0. The van der Waals surface area contributed by atoms with Crippen LogP contribution in [0.1, 0.15) is 19.3 Å². The van der Waals surface area contributed by atoms with Gasteiger partial charge in [-0.05, 0) is 25.8 Å². The molecule has 0 aromatic carbocycles. The van der Waals surface area contributed by atoms with Crippen LogP contribution in [-0.4, -0.2) is 111 Å². The van der Waals surface area contributed by atoms with Crippen molar-refractivity contribution in [2.75, 3.05) is 82.1 Å². The summed E-state index contributed by atoms with van der Waals surface area (Å²) in [5.74, 6) is 0. The highest BCUT2D eigenvalue weighted by atomic mass is 28.4. The average molecular weight is 456 g/mol. The summed E-state index contributed by atoms with van der Waals surface area (Å²) in [5, 5.41) is 0. The smallest absolute Gasteiger partial charge is 0.385 e. The van der Waals surface area contributed by atoms with Crippen LogP contribution < -0.4 is 0 Å². The molecule has 1 heterocycles. The summed E-state index contributed by atoms with van der Waals surface area (Å²) in [5.41, 5.74) is 0. The lowest BCUT2D eigenvalue weighted by Gasteiger charge is -2.37. The molecular formula is C18H41NO8Si2. The quantitative estimate of drug-likeness (QED) is 0.270. The van der Waals surface area contributed by atoms with E-state index in [1.807, 2.05) is 0 Å². The van der Waals surface area contributed by atoms with Gasteiger partial charge in [0.25, 0.3) is 0 Å². The van der Waals surface area contributed by atoms with Gasteiger partial charge in [-0.25, -0.2) is 0 Å². The molecule has 11 heteroatoms. The predicted octanol–water partition coefficient (Wildman–Crippen LogP) is 1.63. The molecule has 0 amide bonds. The summed E-state index contributed by atoms with van der Waals surface area (Å²) in [6.45, 7) is 4.60. The Hall–Kier alpha value is 0.0738. The van der Waals surface area contributed by atoms with Crippen LogP contribution in [0, 0.1) is 0 Å². The highest BCUT2D eigenvalue weighted by Gasteiger charge is 2.43.